The molecule has 1 aromatic carbocycles. The van der Waals surface area contributed by atoms with Gasteiger partial charge in [-0.15, -0.1) is 0 Å². The Morgan fingerprint density at radius 2 is 2.00 bits per heavy atom. The summed E-state index contributed by atoms with van der Waals surface area (Å²) in [6, 6.07) is 14.5. The molecule has 3 aromatic heterocycles. The lowest BCUT2D eigenvalue weighted by Gasteiger charge is -2.16. The number of aliphatic hydroxyl groups is 1. The molecule has 0 aliphatic rings. The van der Waals surface area contributed by atoms with Gasteiger partial charge in [0.15, 0.2) is 5.65 Å². The summed E-state index contributed by atoms with van der Waals surface area (Å²) in [5, 5.41) is 27.0. The molecular weight excluding hydrogens is 440 g/mol. The molecule has 0 aliphatic heterocycles. The second kappa shape index (κ2) is 8.62. The number of rotatable bonds is 5. The Morgan fingerprint density at radius 1 is 1.21 bits per heavy atom. The van der Waals surface area contributed by atoms with Gasteiger partial charge in [-0.25, -0.2) is 14.5 Å². The van der Waals surface area contributed by atoms with Gasteiger partial charge in [0, 0.05) is 17.5 Å². The molecular formula is C24H21ClN6O2. The van der Waals surface area contributed by atoms with Crippen LogP contribution in [-0.4, -0.2) is 36.2 Å². The molecule has 0 aliphatic carbocycles. The van der Waals surface area contributed by atoms with Crippen LogP contribution in [0.4, 0.5) is 5.82 Å². The van der Waals surface area contributed by atoms with Crippen LogP contribution in [0.2, 0.25) is 5.15 Å². The minimum atomic E-state index is -1.14. The maximum absolute atomic E-state index is 12.3. The predicted molar refractivity (Wildman–Crippen MR) is 126 cm³/mol. The second-order valence-electron chi connectivity index (χ2n) is 8.35. The quantitative estimate of drug-likeness (QED) is 0.426. The van der Waals surface area contributed by atoms with Gasteiger partial charge in [-0.1, -0.05) is 23.7 Å². The van der Waals surface area contributed by atoms with Crippen molar-refractivity contribution in [1.82, 2.24) is 19.6 Å². The van der Waals surface area contributed by atoms with Crippen LogP contribution in [0.1, 0.15) is 31.5 Å². The number of halogens is 1. The van der Waals surface area contributed by atoms with Crippen LogP contribution < -0.4 is 5.32 Å². The number of anilines is 1. The van der Waals surface area contributed by atoms with Crippen LogP contribution in [0.15, 0.2) is 48.7 Å². The SMILES string of the molecule is Cc1cc(-c2c(-c3cccc(C#N)c3)nn3ccc(NC(=O)CC(C)(C)O)nc23)cc(Cl)n1. The van der Waals surface area contributed by atoms with Gasteiger partial charge >= 0.3 is 0 Å². The molecule has 0 atom stereocenters. The molecule has 166 valence electrons. The summed E-state index contributed by atoms with van der Waals surface area (Å²) in [6.07, 6.45) is 1.62. The van der Waals surface area contributed by atoms with E-state index in [0.29, 0.717) is 33.4 Å². The highest BCUT2D eigenvalue weighted by Gasteiger charge is 2.21. The van der Waals surface area contributed by atoms with Crippen LogP contribution in [0.3, 0.4) is 0 Å². The Hall–Kier alpha value is -3.80. The van der Waals surface area contributed by atoms with Crippen LogP contribution in [0.25, 0.3) is 28.0 Å². The number of nitrogens with zero attached hydrogens (tertiary/aromatic N) is 5. The summed E-state index contributed by atoms with van der Waals surface area (Å²) in [5.74, 6) is -0.0303. The third-order valence-corrected chi connectivity index (χ3v) is 5.02. The Bertz CT molecular complexity index is 1390. The van der Waals surface area contributed by atoms with Gasteiger partial charge in [0.05, 0.1) is 29.2 Å². The normalized spacial score (nSPS) is 11.4. The number of nitriles is 1. The van der Waals surface area contributed by atoms with E-state index >= 15 is 0 Å². The zero-order valence-electron chi connectivity index (χ0n) is 18.3. The number of amides is 1. The molecule has 33 heavy (non-hydrogen) atoms. The molecule has 0 fully saturated rings. The van der Waals surface area contributed by atoms with E-state index < -0.39 is 5.60 Å². The third kappa shape index (κ3) is 5.00. The summed E-state index contributed by atoms with van der Waals surface area (Å²) in [6.45, 7) is 4.97. The average Bonchev–Trinajstić information content (AvgIpc) is 3.10. The molecule has 2 N–H and O–H groups in total. The van der Waals surface area contributed by atoms with E-state index in [1.165, 1.54) is 0 Å². The molecule has 4 aromatic rings. The molecule has 8 nitrogen and oxygen atoms in total. The van der Waals surface area contributed by atoms with Crippen molar-refractivity contribution in [1.29, 1.82) is 5.26 Å². The second-order valence-corrected chi connectivity index (χ2v) is 8.74. The lowest BCUT2D eigenvalue weighted by Crippen LogP contribution is -2.27. The topological polar surface area (TPSA) is 116 Å². The van der Waals surface area contributed by atoms with Crippen molar-refractivity contribution >= 4 is 29.0 Å². The Morgan fingerprint density at radius 3 is 2.70 bits per heavy atom. The number of aromatic nitrogens is 4. The fourth-order valence-corrected chi connectivity index (χ4v) is 3.81. The lowest BCUT2D eigenvalue weighted by atomic mass is 10.00. The van der Waals surface area contributed by atoms with Crippen LogP contribution >= 0.6 is 11.6 Å². The Labute approximate surface area is 195 Å². The van der Waals surface area contributed by atoms with Crippen molar-refractivity contribution in [2.75, 3.05) is 5.32 Å². The number of carbonyl (C=O) groups is 1. The summed E-state index contributed by atoms with van der Waals surface area (Å²) >= 11 is 6.24. The van der Waals surface area contributed by atoms with E-state index in [9.17, 15) is 15.2 Å². The average molecular weight is 461 g/mol. The van der Waals surface area contributed by atoms with Crippen molar-refractivity contribution in [3.8, 4) is 28.5 Å². The maximum Gasteiger partial charge on any atom is 0.228 e. The van der Waals surface area contributed by atoms with E-state index in [1.807, 2.05) is 19.1 Å². The van der Waals surface area contributed by atoms with Crippen molar-refractivity contribution in [2.45, 2.75) is 32.8 Å². The van der Waals surface area contributed by atoms with Crippen molar-refractivity contribution < 1.29 is 9.90 Å². The third-order valence-electron chi connectivity index (χ3n) is 4.82. The smallest absolute Gasteiger partial charge is 0.228 e. The number of nitrogens with one attached hydrogen (secondary N) is 1. The van der Waals surface area contributed by atoms with E-state index in [4.69, 9.17) is 16.7 Å². The van der Waals surface area contributed by atoms with E-state index in [2.05, 4.69) is 21.4 Å². The Balaban J connectivity index is 1.90. The molecule has 0 saturated heterocycles. The minimum absolute atomic E-state index is 0.0721. The number of carbonyl (C=O) groups excluding carboxylic acids is 1. The first-order valence-corrected chi connectivity index (χ1v) is 10.6. The predicted octanol–water partition coefficient (Wildman–Crippen LogP) is 4.39. The molecule has 4 rings (SSSR count). The van der Waals surface area contributed by atoms with Crippen molar-refractivity contribution in [3.63, 3.8) is 0 Å². The number of fused-ring (bicyclic) bond motifs is 1. The summed E-state index contributed by atoms with van der Waals surface area (Å²) in [4.78, 5) is 21.2. The zero-order chi connectivity index (χ0) is 23.8. The summed E-state index contributed by atoms with van der Waals surface area (Å²) < 4.78 is 1.61. The van der Waals surface area contributed by atoms with Gasteiger partial charge in [-0.3, -0.25) is 4.79 Å². The standard InChI is InChI=1S/C24H21ClN6O2/c1-14-9-17(11-18(25)27-14)21-22(16-6-4-5-15(10-16)13-26)30-31-8-7-19(29-23(21)31)28-20(32)12-24(2,3)33/h4-11,33H,12H2,1-3H3,(H,28,29,32). The van der Waals surface area contributed by atoms with Gasteiger partial charge in [0.2, 0.25) is 5.91 Å². The van der Waals surface area contributed by atoms with Crippen LogP contribution in [0.5, 0.6) is 0 Å². The maximum atomic E-state index is 12.3. The lowest BCUT2D eigenvalue weighted by molar-refractivity contribution is -0.119. The van der Waals surface area contributed by atoms with Gasteiger partial charge in [0.1, 0.15) is 16.7 Å². The number of pyridine rings is 1. The number of benzene rings is 1. The summed E-state index contributed by atoms with van der Waals surface area (Å²) in [7, 11) is 0. The van der Waals surface area contributed by atoms with Crippen molar-refractivity contribution in [3.05, 3.63) is 65.1 Å². The van der Waals surface area contributed by atoms with Crippen molar-refractivity contribution in [2.24, 2.45) is 0 Å². The number of aryl methyl sites for hydroxylation is 1. The summed E-state index contributed by atoms with van der Waals surface area (Å²) in [5.41, 5.74) is 3.39. The minimum Gasteiger partial charge on any atom is -0.390 e. The molecule has 0 saturated carbocycles. The van der Waals surface area contributed by atoms with Crippen LogP contribution in [-0.2, 0) is 4.79 Å². The first-order chi connectivity index (χ1) is 15.6. The Kier molecular flexibility index (Phi) is 5.85. The fourth-order valence-electron chi connectivity index (χ4n) is 3.56. The first-order valence-electron chi connectivity index (χ1n) is 10.2. The molecule has 0 spiro atoms. The van der Waals surface area contributed by atoms with E-state index in [1.54, 1.807) is 54.9 Å². The zero-order valence-corrected chi connectivity index (χ0v) is 19.1. The van der Waals surface area contributed by atoms with Gasteiger partial charge in [-0.05, 0) is 56.7 Å². The highest BCUT2D eigenvalue weighted by molar-refractivity contribution is 6.29. The molecule has 9 heteroatoms. The van der Waals surface area contributed by atoms with Gasteiger partial charge < -0.3 is 10.4 Å². The number of hydrogen-bond donors (Lipinski definition) is 2. The monoisotopic (exact) mass is 460 g/mol. The van der Waals surface area contributed by atoms with E-state index in [-0.39, 0.29) is 12.3 Å². The molecule has 0 unspecified atom stereocenters. The highest BCUT2D eigenvalue weighted by Crippen LogP contribution is 2.36. The van der Waals surface area contributed by atoms with Gasteiger partial charge in [0.25, 0.3) is 0 Å². The molecule has 3 heterocycles. The van der Waals surface area contributed by atoms with Gasteiger partial charge in [-0.2, -0.15) is 10.4 Å². The highest BCUT2D eigenvalue weighted by atomic mass is 35.5. The molecule has 0 bridgehead atoms. The molecule has 1 amide bonds. The number of hydrogen-bond acceptors (Lipinski definition) is 6. The fraction of sp³-hybridized carbons (Fsp3) is 0.208. The van der Waals surface area contributed by atoms with E-state index in [0.717, 1.165) is 16.8 Å². The van der Waals surface area contributed by atoms with Crippen LogP contribution in [0, 0.1) is 18.3 Å². The largest absolute Gasteiger partial charge is 0.390 e. The first kappa shape index (κ1) is 22.4. The molecule has 0 radical (unpaired) electrons.